The van der Waals surface area contributed by atoms with E-state index < -0.39 is 5.92 Å². The van der Waals surface area contributed by atoms with Crippen LogP contribution >= 0.6 is 11.3 Å². The summed E-state index contributed by atoms with van der Waals surface area (Å²) >= 11 is 1.21. The Morgan fingerprint density at radius 3 is 2.67 bits per heavy atom. The Bertz CT molecular complexity index is 347. The fraction of sp³-hybridized carbons (Fsp3) is 0.125. The molecule has 1 unspecified atom stereocenters. The van der Waals surface area contributed by atoms with Crippen molar-refractivity contribution in [3.63, 3.8) is 0 Å². The molecule has 1 aromatic rings. The highest BCUT2D eigenvalue weighted by atomic mass is 32.1. The molecular weight excluding hydrogens is 176 g/mol. The van der Waals surface area contributed by atoms with Crippen molar-refractivity contribution in [1.29, 1.82) is 0 Å². The van der Waals surface area contributed by atoms with Crippen LogP contribution in [0.2, 0.25) is 0 Å². The number of Topliss-reactive ketones (excluding diaryl/α,β-unsaturated/α-hetero) is 2. The van der Waals surface area contributed by atoms with Gasteiger partial charge in [0.25, 0.3) is 0 Å². The molecule has 12 heavy (non-hydrogen) atoms. The minimum absolute atomic E-state index is 0.347. The van der Waals surface area contributed by atoms with Crippen molar-refractivity contribution in [2.45, 2.75) is 0 Å². The first-order valence-corrected chi connectivity index (χ1v) is 4.25. The molecule has 1 heterocycles. The van der Waals surface area contributed by atoms with Crippen molar-refractivity contribution in [3.8, 4) is 0 Å². The van der Waals surface area contributed by atoms with Gasteiger partial charge in [0, 0.05) is 5.56 Å². The number of hydrogen-bond donors (Lipinski definition) is 0. The Hall–Kier alpha value is -1.29. The number of rotatable bonds is 1. The molecule has 1 aliphatic carbocycles. The number of aldehydes is 1. The molecule has 4 heteroatoms. The average Bonchev–Trinajstić information content (AvgIpc) is 2.58. The van der Waals surface area contributed by atoms with Gasteiger partial charge in [-0.3, -0.25) is 9.59 Å². The zero-order valence-electron chi connectivity index (χ0n) is 5.94. The Morgan fingerprint density at radius 2 is 2.08 bits per heavy atom. The second kappa shape index (κ2) is 2.35. The summed E-state index contributed by atoms with van der Waals surface area (Å²) in [6.45, 7) is 0. The molecule has 1 aliphatic rings. The molecule has 0 amide bonds. The van der Waals surface area contributed by atoms with E-state index in [-0.39, 0.29) is 11.6 Å². The second-order valence-electron chi connectivity index (χ2n) is 2.51. The molecule has 0 saturated heterocycles. The molecule has 2 rings (SSSR count). The predicted octanol–water partition coefficient (Wildman–Crippen LogP) is 0.942. The largest absolute Gasteiger partial charge is 0.302 e. The van der Waals surface area contributed by atoms with Crippen molar-refractivity contribution in [3.05, 3.63) is 21.9 Å². The molecule has 1 aromatic heterocycles. The SMILES string of the molecule is O=CC1C(=O)c2ccsc2C1=O. The summed E-state index contributed by atoms with van der Waals surface area (Å²) in [6.07, 6.45) is 0.414. The summed E-state index contributed by atoms with van der Waals surface area (Å²) in [5.41, 5.74) is 0.405. The van der Waals surface area contributed by atoms with Gasteiger partial charge in [-0.15, -0.1) is 11.3 Å². The Labute approximate surface area is 72.0 Å². The van der Waals surface area contributed by atoms with Crippen LogP contribution in [-0.2, 0) is 4.79 Å². The third-order valence-electron chi connectivity index (χ3n) is 1.86. The zero-order valence-corrected chi connectivity index (χ0v) is 6.76. The second-order valence-corrected chi connectivity index (χ2v) is 3.42. The molecule has 0 aliphatic heterocycles. The van der Waals surface area contributed by atoms with Crippen molar-refractivity contribution < 1.29 is 14.4 Å². The van der Waals surface area contributed by atoms with Crippen molar-refractivity contribution in [2.75, 3.05) is 0 Å². The highest BCUT2D eigenvalue weighted by Crippen LogP contribution is 2.29. The van der Waals surface area contributed by atoms with E-state index in [4.69, 9.17) is 0 Å². The zero-order chi connectivity index (χ0) is 8.72. The summed E-state index contributed by atoms with van der Waals surface area (Å²) in [5.74, 6) is -1.77. The summed E-state index contributed by atoms with van der Waals surface area (Å²) in [5, 5.41) is 1.68. The first kappa shape index (κ1) is 7.36. The van der Waals surface area contributed by atoms with E-state index in [9.17, 15) is 14.4 Å². The van der Waals surface area contributed by atoms with Gasteiger partial charge in [0.15, 0.2) is 11.6 Å². The fourth-order valence-electron chi connectivity index (χ4n) is 1.25. The molecule has 0 fully saturated rings. The van der Waals surface area contributed by atoms with Crippen LogP contribution in [0.15, 0.2) is 11.4 Å². The van der Waals surface area contributed by atoms with Crippen LogP contribution in [0.25, 0.3) is 0 Å². The number of carbonyl (C=O) groups excluding carboxylic acids is 3. The normalized spacial score (nSPS) is 21.2. The highest BCUT2D eigenvalue weighted by Gasteiger charge is 2.39. The van der Waals surface area contributed by atoms with E-state index in [1.165, 1.54) is 11.3 Å². The fourth-order valence-corrected chi connectivity index (χ4v) is 2.12. The van der Waals surface area contributed by atoms with E-state index in [0.29, 0.717) is 16.7 Å². The Morgan fingerprint density at radius 1 is 1.33 bits per heavy atom. The molecule has 0 saturated carbocycles. The Kier molecular flexibility index (Phi) is 1.44. The summed E-state index contributed by atoms with van der Waals surface area (Å²) in [7, 11) is 0. The smallest absolute Gasteiger partial charge is 0.191 e. The van der Waals surface area contributed by atoms with E-state index in [1.807, 2.05) is 0 Å². The molecule has 0 aromatic carbocycles. The van der Waals surface area contributed by atoms with Gasteiger partial charge in [-0.25, -0.2) is 0 Å². The van der Waals surface area contributed by atoms with E-state index >= 15 is 0 Å². The van der Waals surface area contributed by atoms with Gasteiger partial charge in [0.2, 0.25) is 0 Å². The lowest BCUT2D eigenvalue weighted by Gasteiger charge is -1.92. The van der Waals surface area contributed by atoms with Crippen LogP contribution in [0.4, 0.5) is 0 Å². The molecule has 0 bridgehead atoms. The lowest BCUT2D eigenvalue weighted by Crippen LogP contribution is -2.16. The van der Waals surface area contributed by atoms with E-state index in [1.54, 1.807) is 11.4 Å². The Balaban J connectivity index is 2.60. The molecule has 0 N–H and O–H groups in total. The predicted molar refractivity (Wildman–Crippen MR) is 42.5 cm³/mol. The quantitative estimate of drug-likeness (QED) is 0.477. The summed E-state index contributed by atoms with van der Waals surface area (Å²) in [6, 6.07) is 1.59. The molecule has 0 radical (unpaired) electrons. The van der Waals surface area contributed by atoms with Crippen LogP contribution in [0.3, 0.4) is 0 Å². The van der Waals surface area contributed by atoms with Crippen LogP contribution in [0, 0.1) is 5.92 Å². The maximum absolute atomic E-state index is 11.3. The first-order chi connectivity index (χ1) is 5.75. The number of thiophene rings is 1. The molecule has 60 valence electrons. The standard InChI is InChI=1S/C8H4O3S/c9-3-5-6(10)4-1-2-12-8(4)7(5)11/h1-3,5H. The monoisotopic (exact) mass is 180 g/mol. The lowest BCUT2D eigenvalue weighted by atomic mass is 10.1. The van der Waals surface area contributed by atoms with E-state index in [0.717, 1.165) is 0 Å². The first-order valence-electron chi connectivity index (χ1n) is 3.37. The molecular formula is C8H4O3S. The minimum atomic E-state index is -1.06. The van der Waals surface area contributed by atoms with Gasteiger partial charge >= 0.3 is 0 Å². The third-order valence-corrected chi connectivity index (χ3v) is 2.78. The van der Waals surface area contributed by atoms with Gasteiger partial charge in [-0.1, -0.05) is 0 Å². The van der Waals surface area contributed by atoms with Gasteiger partial charge in [-0.05, 0) is 11.4 Å². The van der Waals surface area contributed by atoms with Gasteiger partial charge < -0.3 is 4.79 Å². The highest BCUT2D eigenvalue weighted by molar-refractivity contribution is 7.13. The van der Waals surface area contributed by atoms with Crippen LogP contribution in [-0.4, -0.2) is 17.9 Å². The van der Waals surface area contributed by atoms with Crippen LogP contribution < -0.4 is 0 Å². The average molecular weight is 180 g/mol. The third kappa shape index (κ3) is 0.726. The number of hydrogen-bond acceptors (Lipinski definition) is 4. The van der Waals surface area contributed by atoms with Crippen molar-refractivity contribution >= 4 is 29.2 Å². The lowest BCUT2D eigenvalue weighted by molar-refractivity contribution is -0.108. The number of fused-ring (bicyclic) bond motifs is 1. The number of carbonyl (C=O) groups is 3. The molecule has 1 atom stereocenters. The van der Waals surface area contributed by atoms with E-state index in [2.05, 4.69) is 0 Å². The summed E-state index contributed by atoms with van der Waals surface area (Å²) < 4.78 is 0. The number of ketones is 2. The van der Waals surface area contributed by atoms with Crippen LogP contribution in [0.5, 0.6) is 0 Å². The minimum Gasteiger partial charge on any atom is -0.302 e. The van der Waals surface area contributed by atoms with Gasteiger partial charge in [0.05, 0.1) is 4.88 Å². The van der Waals surface area contributed by atoms with Crippen molar-refractivity contribution in [1.82, 2.24) is 0 Å². The van der Waals surface area contributed by atoms with Gasteiger partial charge in [-0.2, -0.15) is 0 Å². The maximum atomic E-state index is 11.3. The topological polar surface area (TPSA) is 51.2 Å². The van der Waals surface area contributed by atoms with Crippen LogP contribution in [0.1, 0.15) is 20.0 Å². The molecule has 0 spiro atoms. The van der Waals surface area contributed by atoms with Gasteiger partial charge in [0.1, 0.15) is 12.2 Å². The summed E-state index contributed by atoms with van der Waals surface area (Å²) in [4.78, 5) is 33.3. The van der Waals surface area contributed by atoms with Crippen molar-refractivity contribution in [2.24, 2.45) is 5.92 Å². The maximum Gasteiger partial charge on any atom is 0.191 e. The molecule has 3 nitrogen and oxygen atoms in total.